The van der Waals surface area contributed by atoms with E-state index in [0.29, 0.717) is 27.7 Å². The van der Waals surface area contributed by atoms with Crippen molar-refractivity contribution in [3.8, 4) is 34.4 Å². The van der Waals surface area contributed by atoms with E-state index >= 15 is 0 Å². The minimum Gasteiger partial charge on any atom is -0.459 e. The predicted octanol–water partition coefficient (Wildman–Crippen LogP) is 4.02. The second-order valence-electron chi connectivity index (χ2n) is 4.93. The smallest absolute Gasteiger partial charge is 0.229 e. The lowest BCUT2D eigenvalue weighted by Crippen LogP contribution is -2.03. The Labute approximate surface area is 145 Å². The number of rotatable bonds is 7. The normalized spacial score (nSPS) is 10.5. The number of alkyl halides is 3. The van der Waals surface area contributed by atoms with Gasteiger partial charge in [0.05, 0.1) is 22.9 Å². The Bertz CT molecular complexity index is 969. The van der Waals surface area contributed by atoms with Crippen molar-refractivity contribution in [1.82, 2.24) is 9.97 Å². The van der Waals surface area contributed by atoms with Gasteiger partial charge in [0.25, 0.3) is 0 Å². The molecule has 26 heavy (non-hydrogen) atoms. The van der Waals surface area contributed by atoms with Gasteiger partial charge in [0.15, 0.2) is 11.5 Å². The highest BCUT2D eigenvalue weighted by atomic mass is 19.1. The Balaban J connectivity index is 2.27. The van der Waals surface area contributed by atoms with E-state index < -0.39 is 20.6 Å². The van der Waals surface area contributed by atoms with Crippen LogP contribution in [0.5, 0.6) is 17.2 Å². The maximum atomic E-state index is 12.9. The van der Waals surface area contributed by atoms with Crippen molar-refractivity contribution in [2.24, 2.45) is 0 Å². The molecule has 0 radical (unpaired) electrons. The van der Waals surface area contributed by atoms with Gasteiger partial charge in [-0.05, 0) is 18.2 Å². The summed E-state index contributed by atoms with van der Waals surface area (Å²) in [4.78, 5) is 7.04. The number of ether oxygens (including phenoxy) is 3. The first-order valence-corrected chi connectivity index (χ1v) is 7.35. The lowest BCUT2D eigenvalue weighted by atomic mass is 10.00. The van der Waals surface area contributed by atoms with Crippen LogP contribution in [0.25, 0.3) is 22.2 Å². The standard InChI is InChI=1S/C17H12F3N3O3/c18-6-24-13-4-3-12(16(25-7-19)17(13)26-8-20)11-2-1-10(5-21)14-15(11)23-9-22-14/h1-4,9H,6-8H2,(H,22,23). The lowest BCUT2D eigenvalue weighted by molar-refractivity contribution is 0.140. The zero-order valence-electron chi connectivity index (χ0n) is 13.3. The van der Waals surface area contributed by atoms with E-state index in [2.05, 4.69) is 9.97 Å². The summed E-state index contributed by atoms with van der Waals surface area (Å²) in [6.45, 7) is -3.66. The summed E-state index contributed by atoms with van der Waals surface area (Å²) in [5, 5.41) is 9.18. The van der Waals surface area contributed by atoms with Crippen LogP contribution in [0.3, 0.4) is 0 Å². The van der Waals surface area contributed by atoms with Gasteiger partial charge < -0.3 is 19.2 Å². The first kappa shape index (κ1) is 17.4. The van der Waals surface area contributed by atoms with Gasteiger partial charge in [-0.2, -0.15) is 5.26 Å². The number of hydrogen-bond donors (Lipinski definition) is 1. The van der Waals surface area contributed by atoms with Crippen molar-refractivity contribution >= 4 is 11.0 Å². The van der Waals surface area contributed by atoms with Crippen LogP contribution in [0.15, 0.2) is 30.6 Å². The third-order valence-electron chi connectivity index (χ3n) is 3.67. The van der Waals surface area contributed by atoms with Gasteiger partial charge in [-0.25, -0.2) is 18.2 Å². The zero-order chi connectivity index (χ0) is 18.5. The van der Waals surface area contributed by atoms with E-state index in [1.165, 1.54) is 18.5 Å². The first-order valence-electron chi connectivity index (χ1n) is 7.35. The molecule has 0 amide bonds. The van der Waals surface area contributed by atoms with Crippen molar-refractivity contribution in [3.05, 3.63) is 36.2 Å². The molecule has 6 nitrogen and oxygen atoms in total. The largest absolute Gasteiger partial charge is 0.459 e. The number of aromatic nitrogens is 2. The van der Waals surface area contributed by atoms with Crippen LogP contribution < -0.4 is 14.2 Å². The summed E-state index contributed by atoms with van der Waals surface area (Å²) in [7, 11) is 0. The molecule has 0 fully saturated rings. The summed E-state index contributed by atoms with van der Waals surface area (Å²) in [5.41, 5.74) is 2.08. The highest BCUT2D eigenvalue weighted by Crippen LogP contribution is 2.46. The Morgan fingerprint density at radius 1 is 0.923 bits per heavy atom. The van der Waals surface area contributed by atoms with Crippen molar-refractivity contribution in [2.75, 3.05) is 20.6 Å². The van der Waals surface area contributed by atoms with Crippen molar-refractivity contribution < 1.29 is 27.4 Å². The second-order valence-corrected chi connectivity index (χ2v) is 4.93. The van der Waals surface area contributed by atoms with Gasteiger partial charge in [0.1, 0.15) is 6.07 Å². The quantitative estimate of drug-likeness (QED) is 0.686. The van der Waals surface area contributed by atoms with E-state index in [1.807, 2.05) is 6.07 Å². The molecular weight excluding hydrogens is 351 g/mol. The molecule has 1 aromatic heterocycles. The van der Waals surface area contributed by atoms with Gasteiger partial charge >= 0.3 is 0 Å². The third kappa shape index (κ3) is 2.97. The first-order chi connectivity index (χ1) is 12.7. The fourth-order valence-electron chi connectivity index (χ4n) is 2.66. The summed E-state index contributed by atoms with van der Waals surface area (Å²) in [6, 6.07) is 8.01. The number of hydrogen-bond acceptors (Lipinski definition) is 5. The number of halogens is 3. The number of H-pyrrole nitrogens is 1. The number of fused-ring (bicyclic) bond motifs is 1. The molecule has 0 atom stereocenters. The Hall–Kier alpha value is -3.41. The van der Waals surface area contributed by atoms with E-state index in [4.69, 9.17) is 14.2 Å². The molecule has 0 unspecified atom stereocenters. The number of nitrogens with zero attached hydrogens (tertiary/aromatic N) is 2. The van der Waals surface area contributed by atoms with Gasteiger partial charge in [-0.3, -0.25) is 0 Å². The van der Waals surface area contributed by atoms with Crippen LogP contribution in [-0.2, 0) is 0 Å². The molecule has 1 N–H and O–H groups in total. The maximum Gasteiger partial charge on any atom is 0.229 e. The average Bonchev–Trinajstić information content (AvgIpc) is 3.14. The molecule has 134 valence electrons. The molecule has 2 aromatic carbocycles. The van der Waals surface area contributed by atoms with Crippen LogP contribution >= 0.6 is 0 Å². The Kier molecular flexibility index (Phi) is 5.12. The predicted molar refractivity (Wildman–Crippen MR) is 86.1 cm³/mol. The molecule has 0 saturated carbocycles. The monoisotopic (exact) mass is 363 g/mol. The van der Waals surface area contributed by atoms with Crippen molar-refractivity contribution in [3.63, 3.8) is 0 Å². The average molecular weight is 363 g/mol. The molecule has 9 heteroatoms. The number of nitrogens with one attached hydrogen (secondary N) is 1. The number of aromatic amines is 1. The van der Waals surface area contributed by atoms with Gasteiger partial charge in [0, 0.05) is 11.1 Å². The summed E-state index contributed by atoms with van der Waals surface area (Å²) in [6.07, 6.45) is 1.41. The van der Waals surface area contributed by atoms with Crippen LogP contribution in [0.1, 0.15) is 5.56 Å². The van der Waals surface area contributed by atoms with E-state index in [1.54, 1.807) is 12.1 Å². The molecular formula is C17H12F3N3O3. The fraction of sp³-hybridized carbons (Fsp3) is 0.176. The van der Waals surface area contributed by atoms with Gasteiger partial charge in [-0.15, -0.1) is 0 Å². The summed E-state index contributed by atoms with van der Waals surface area (Å²) in [5.74, 6) is -0.567. The van der Waals surface area contributed by atoms with Gasteiger partial charge in [-0.1, -0.05) is 6.07 Å². The number of imidazole rings is 1. The minimum absolute atomic E-state index is 0.135. The van der Waals surface area contributed by atoms with Crippen LogP contribution in [0.2, 0.25) is 0 Å². The molecule has 0 aliphatic rings. The molecule has 0 aliphatic heterocycles. The van der Waals surface area contributed by atoms with Crippen LogP contribution in [-0.4, -0.2) is 30.5 Å². The number of benzene rings is 2. The minimum atomic E-state index is -1.25. The number of nitriles is 1. The topological polar surface area (TPSA) is 80.2 Å². The summed E-state index contributed by atoms with van der Waals surface area (Å²) < 4.78 is 52.8. The van der Waals surface area contributed by atoms with E-state index in [0.717, 1.165) is 0 Å². The zero-order valence-corrected chi connectivity index (χ0v) is 13.3. The third-order valence-corrected chi connectivity index (χ3v) is 3.67. The maximum absolute atomic E-state index is 12.9. The molecule has 1 heterocycles. The van der Waals surface area contributed by atoms with Crippen LogP contribution in [0.4, 0.5) is 13.2 Å². The summed E-state index contributed by atoms with van der Waals surface area (Å²) >= 11 is 0. The fourth-order valence-corrected chi connectivity index (χ4v) is 2.66. The Morgan fingerprint density at radius 3 is 2.31 bits per heavy atom. The molecule has 0 aliphatic carbocycles. The van der Waals surface area contributed by atoms with Crippen LogP contribution in [0, 0.1) is 11.3 Å². The molecule has 0 spiro atoms. The van der Waals surface area contributed by atoms with Crippen molar-refractivity contribution in [2.45, 2.75) is 0 Å². The Morgan fingerprint density at radius 2 is 1.62 bits per heavy atom. The SMILES string of the molecule is N#Cc1ccc(-c2ccc(OCF)c(OCF)c2OCF)c2nc[nH]c12. The highest BCUT2D eigenvalue weighted by Gasteiger charge is 2.22. The van der Waals surface area contributed by atoms with E-state index in [-0.39, 0.29) is 17.2 Å². The lowest BCUT2D eigenvalue weighted by Gasteiger charge is -2.17. The van der Waals surface area contributed by atoms with Gasteiger partial charge in [0.2, 0.25) is 26.3 Å². The molecule has 3 aromatic rings. The molecule has 0 saturated heterocycles. The molecule has 0 bridgehead atoms. The van der Waals surface area contributed by atoms with Crippen molar-refractivity contribution in [1.29, 1.82) is 5.26 Å². The highest BCUT2D eigenvalue weighted by molar-refractivity contribution is 5.97. The van der Waals surface area contributed by atoms with E-state index in [9.17, 15) is 18.4 Å². The second kappa shape index (κ2) is 7.65. The molecule has 3 rings (SSSR count).